The number of nitrogens with one attached hydrogen (secondary N) is 2. The van der Waals surface area contributed by atoms with Gasteiger partial charge < -0.3 is 20.6 Å². The molecule has 1 aliphatic carbocycles. The van der Waals surface area contributed by atoms with Crippen molar-refractivity contribution in [3.63, 3.8) is 0 Å². The zero-order valence-corrected chi connectivity index (χ0v) is 22.7. The van der Waals surface area contributed by atoms with Gasteiger partial charge in [0, 0.05) is 24.7 Å². The van der Waals surface area contributed by atoms with Gasteiger partial charge in [0.25, 0.3) is 0 Å². The maximum absolute atomic E-state index is 14.2. The molecule has 4 rings (SSSR count). The molecule has 1 aliphatic rings. The van der Waals surface area contributed by atoms with Gasteiger partial charge in [-0.15, -0.1) is 0 Å². The topological polar surface area (TPSA) is 81.7 Å². The van der Waals surface area contributed by atoms with Crippen LogP contribution in [-0.4, -0.2) is 35.9 Å². The summed E-state index contributed by atoms with van der Waals surface area (Å²) in [5.74, 6) is -1.87. The van der Waals surface area contributed by atoms with Crippen LogP contribution in [0.5, 0.6) is 0 Å². The smallest absolute Gasteiger partial charge is 0.389 e. The van der Waals surface area contributed by atoms with Gasteiger partial charge in [0.05, 0.1) is 16.9 Å². The van der Waals surface area contributed by atoms with Crippen molar-refractivity contribution in [1.29, 1.82) is 0 Å². The summed E-state index contributed by atoms with van der Waals surface area (Å²) in [7, 11) is 0. The third kappa shape index (κ3) is 8.22. The summed E-state index contributed by atoms with van der Waals surface area (Å²) in [6.45, 7) is 2.04. The molecule has 0 bridgehead atoms. The summed E-state index contributed by atoms with van der Waals surface area (Å²) in [5.41, 5.74) is 2.70. The molecule has 3 aromatic carbocycles. The van der Waals surface area contributed by atoms with E-state index in [1.165, 1.54) is 6.07 Å². The molecule has 0 saturated heterocycles. The number of hydrogen-bond acceptors (Lipinski definition) is 3. The quantitative estimate of drug-likeness (QED) is 0.225. The Bertz CT molecular complexity index is 1370. The van der Waals surface area contributed by atoms with Gasteiger partial charge in [0.2, 0.25) is 0 Å². The number of carboxylic acid groups (broad SMARTS) is 1. The van der Waals surface area contributed by atoms with Crippen LogP contribution in [0.15, 0.2) is 60.7 Å². The fourth-order valence-corrected chi connectivity index (χ4v) is 5.26. The number of rotatable bonds is 9. The number of anilines is 3. The molecule has 0 heterocycles. The van der Waals surface area contributed by atoms with E-state index in [2.05, 4.69) is 10.6 Å². The summed E-state index contributed by atoms with van der Waals surface area (Å²) in [4.78, 5) is 26.9. The van der Waals surface area contributed by atoms with Gasteiger partial charge in [0.15, 0.2) is 0 Å². The van der Waals surface area contributed by atoms with E-state index in [1.807, 2.05) is 24.0 Å². The summed E-state index contributed by atoms with van der Waals surface area (Å²) in [6.07, 6.45) is -0.804. The normalized spacial score (nSPS) is 14.0. The lowest BCUT2D eigenvalue weighted by Gasteiger charge is -2.37. The lowest BCUT2D eigenvalue weighted by atomic mass is 9.92. The molecule has 6 nitrogen and oxygen atoms in total. The van der Waals surface area contributed by atoms with Crippen LogP contribution in [0, 0.1) is 12.7 Å². The van der Waals surface area contributed by atoms with Gasteiger partial charge in [-0.1, -0.05) is 43.0 Å². The Kier molecular flexibility index (Phi) is 9.52. The first-order valence-corrected chi connectivity index (χ1v) is 13.7. The van der Waals surface area contributed by atoms with E-state index in [9.17, 15) is 32.3 Å². The first-order valence-electron chi connectivity index (χ1n) is 13.7. The number of carbonyl (C=O) groups excluding carboxylic acids is 1. The Labute approximate surface area is 236 Å². The van der Waals surface area contributed by atoms with Crippen molar-refractivity contribution < 1.29 is 32.3 Å². The van der Waals surface area contributed by atoms with Gasteiger partial charge in [-0.05, 0) is 79.8 Å². The van der Waals surface area contributed by atoms with Crippen molar-refractivity contribution in [2.24, 2.45) is 0 Å². The summed E-state index contributed by atoms with van der Waals surface area (Å²) in [5, 5.41) is 15.3. The molecular formula is C31H33F4N3O3. The summed E-state index contributed by atoms with van der Waals surface area (Å²) < 4.78 is 53.3. The number of nitrogens with zero attached hydrogens (tertiary/aromatic N) is 1. The fourth-order valence-electron chi connectivity index (χ4n) is 5.26. The number of aryl methyl sites for hydroxylation is 1. The molecular weight excluding hydrogens is 538 g/mol. The highest BCUT2D eigenvalue weighted by molar-refractivity contribution is 6.03. The molecule has 218 valence electrons. The Balaban J connectivity index is 1.75. The van der Waals surface area contributed by atoms with E-state index in [1.54, 1.807) is 30.3 Å². The van der Waals surface area contributed by atoms with Gasteiger partial charge in [-0.3, -0.25) is 0 Å². The number of hydrogen-bond donors (Lipinski definition) is 3. The second-order valence-electron chi connectivity index (χ2n) is 10.4. The number of carboxylic acids is 1. The Morgan fingerprint density at radius 1 is 0.951 bits per heavy atom. The van der Waals surface area contributed by atoms with Crippen molar-refractivity contribution >= 4 is 29.1 Å². The molecule has 3 N–H and O–H groups in total. The molecule has 0 spiro atoms. The van der Waals surface area contributed by atoms with E-state index in [0.717, 1.165) is 49.8 Å². The van der Waals surface area contributed by atoms with Crippen molar-refractivity contribution in [2.75, 3.05) is 22.1 Å². The zero-order chi connectivity index (χ0) is 29.6. The second-order valence-corrected chi connectivity index (χ2v) is 10.4. The Morgan fingerprint density at radius 2 is 1.66 bits per heavy atom. The fraction of sp³-hybridized carbons (Fsp3) is 0.355. The van der Waals surface area contributed by atoms with Crippen molar-refractivity contribution in [1.82, 2.24) is 0 Å². The molecule has 1 saturated carbocycles. The molecule has 0 atom stereocenters. The molecule has 0 aromatic heterocycles. The van der Waals surface area contributed by atoms with Crippen molar-refractivity contribution in [2.45, 2.75) is 64.1 Å². The van der Waals surface area contributed by atoms with Gasteiger partial charge in [0.1, 0.15) is 5.82 Å². The molecule has 1 fully saturated rings. The maximum Gasteiger partial charge on any atom is 0.389 e. The van der Waals surface area contributed by atoms with E-state index in [-0.39, 0.29) is 35.8 Å². The average Bonchev–Trinajstić information content (AvgIpc) is 2.92. The maximum atomic E-state index is 14.2. The predicted octanol–water partition coefficient (Wildman–Crippen LogP) is 8.62. The minimum Gasteiger partial charge on any atom is -0.478 e. The number of aromatic carboxylic acids is 1. The molecule has 2 amide bonds. The van der Waals surface area contributed by atoms with E-state index < -0.39 is 30.4 Å². The zero-order valence-electron chi connectivity index (χ0n) is 22.7. The van der Waals surface area contributed by atoms with Crippen LogP contribution >= 0.6 is 0 Å². The van der Waals surface area contributed by atoms with Gasteiger partial charge in [-0.2, -0.15) is 13.2 Å². The van der Waals surface area contributed by atoms with Crippen LogP contribution in [0.2, 0.25) is 0 Å². The largest absolute Gasteiger partial charge is 0.478 e. The van der Waals surface area contributed by atoms with Crippen molar-refractivity contribution in [3.8, 4) is 11.1 Å². The predicted molar refractivity (Wildman–Crippen MR) is 152 cm³/mol. The van der Waals surface area contributed by atoms with Crippen molar-refractivity contribution in [3.05, 3.63) is 77.6 Å². The molecule has 0 radical (unpaired) electrons. The van der Waals surface area contributed by atoms with Crippen LogP contribution in [0.4, 0.5) is 39.4 Å². The van der Waals surface area contributed by atoms with E-state index in [4.69, 9.17) is 0 Å². The highest BCUT2D eigenvalue weighted by atomic mass is 19.4. The third-order valence-electron chi connectivity index (χ3n) is 7.26. The molecule has 41 heavy (non-hydrogen) atoms. The molecule has 0 aliphatic heterocycles. The van der Waals surface area contributed by atoms with E-state index >= 15 is 0 Å². The Morgan fingerprint density at radius 3 is 2.32 bits per heavy atom. The van der Waals surface area contributed by atoms with E-state index in [0.29, 0.717) is 16.9 Å². The SMILES string of the molecule is Cc1ccc(NC(=O)Nc2cc(-c3cc(F)ccc3C(=O)O)ccc2N(CCCC(F)(F)F)C2CCCCC2)cc1. The minimum atomic E-state index is -4.29. The number of benzene rings is 3. The average molecular weight is 572 g/mol. The number of halogens is 4. The molecule has 10 heteroatoms. The number of carbonyl (C=O) groups is 2. The second kappa shape index (κ2) is 13.1. The van der Waals surface area contributed by atoms with Gasteiger partial charge in [-0.25, -0.2) is 14.0 Å². The lowest BCUT2D eigenvalue weighted by molar-refractivity contribution is -0.135. The van der Waals surface area contributed by atoms with Crippen LogP contribution in [0.1, 0.15) is 60.9 Å². The molecule has 0 unspecified atom stereocenters. The van der Waals surface area contributed by atoms with Gasteiger partial charge >= 0.3 is 18.2 Å². The number of urea groups is 1. The highest BCUT2D eigenvalue weighted by Gasteiger charge is 2.29. The standard InChI is InChI=1S/C31H33F4N3O3/c1-20-8-12-23(13-9-20)36-30(41)37-27-18-21(26-19-22(32)11-14-25(26)29(39)40)10-15-28(27)38(17-5-16-31(33,34)35)24-6-3-2-4-7-24/h8-15,18-19,24H,2-7,16-17H2,1H3,(H,39,40)(H2,36,37,41). The minimum absolute atomic E-state index is 0.0210. The lowest BCUT2D eigenvalue weighted by Crippen LogP contribution is -2.38. The highest BCUT2D eigenvalue weighted by Crippen LogP contribution is 2.37. The third-order valence-corrected chi connectivity index (χ3v) is 7.26. The van der Waals surface area contributed by atoms with Crippen LogP contribution in [-0.2, 0) is 0 Å². The summed E-state index contributed by atoms with van der Waals surface area (Å²) >= 11 is 0. The molecule has 3 aromatic rings. The number of alkyl halides is 3. The van der Waals surface area contributed by atoms with Crippen LogP contribution in [0.25, 0.3) is 11.1 Å². The Hall–Kier alpha value is -4.08. The first kappa shape index (κ1) is 29.9. The monoisotopic (exact) mass is 571 g/mol. The summed E-state index contributed by atoms with van der Waals surface area (Å²) in [6, 6.07) is 14.7. The first-order chi connectivity index (χ1) is 19.5. The van der Waals surface area contributed by atoms with Crippen LogP contribution < -0.4 is 15.5 Å². The number of amides is 2. The van der Waals surface area contributed by atoms with Crippen LogP contribution in [0.3, 0.4) is 0 Å².